The number of esters is 1. The smallest absolute Gasteiger partial charge is 0.306 e. The summed E-state index contributed by atoms with van der Waals surface area (Å²) in [5, 5.41) is 3.28. The molecule has 0 saturated carbocycles. The van der Waals surface area contributed by atoms with Crippen molar-refractivity contribution in [3.8, 4) is 5.75 Å². The molecule has 0 heterocycles. The van der Waals surface area contributed by atoms with E-state index in [-0.39, 0.29) is 18.9 Å². The van der Waals surface area contributed by atoms with Crippen LogP contribution in [0.2, 0.25) is 5.02 Å². The molecule has 0 aliphatic carbocycles. The summed E-state index contributed by atoms with van der Waals surface area (Å²) in [5.74, 6) is -0.213. The van der Waals surface area contributed by atoms with Gasteiger partial charge in [-0.1, -0.05) is 48.9 Å². The van der Waals surface area contributed by atoms with Crippen LogP contribution in [-0.2, 0) is 20.7 Å². The minimum atomic E-state index is -0.438. The number of ether oxygens (including phenoxy) is 2. The van der Waals surface area contributed by atoms with Crippen molar-refractivity contribution < 1.29 is 19.1 Å². The molecule has 138 valence electrons. The van der Waals surface area contributed by atoms with Crippen molar-refractivity contribution >= 4 is 29.2 Å². The quantitative estimate of drug-likeness (QED) is 0.525. The number of carbonyl (C=O) groups excluding carboxylic acids is 2. The summed E-state index contributed by atoms with van der Waals surface area (Å²) < 4.78 is 10.5. The third-order valence-corrected chi connectivity index (χ3v) is 3.97. The molecule has 26 heavy (non-hydrogen) atoms. The molecule has 0 bridgehead atoms. The van der Waals surface area contributed by atoms with Crippen LogP contribution < -0.4 is 10.1 Å². The molecule has 0 aliphatic rings. The molecule has 1 N–H and O–H groups in total. The summed E-state index contributed by atoms with van der Waals surface area (Å²) in [5.41, 5.74) is 1.77. The van der Waals surface area contributed by atoms with Crippen molar-refractivity contribution in [1.29, 1.82) is 0 Å². The van der Waals surface area contributed by atoms with Crippen molar-refractivity contribution in [2.75, 3.05) is 18.5 Å². The molecule has 0 aromatic heterocycles. The number of aryl methyl sites for hydroxylation is 1. The largest absolute Gasteiger partial charge is 0.492 e. The summed E-state index contributed by atoms with van der Waals surface area (Å²) in [6.45, 7) is 2.05. The highest BCUT2D eigenvalue weighted by molar-refractivity contribution is 6.32. The van der Waals surface area contributed by atoms with Crippen LogP contribution in [0.1, 0.15) is 25.3 Å². The highest BCUT2D eigenvalue weighted by atomic mass is 35.5. The molecule has 0 saturated heterocycles. The number of rotatable bonds is 9. The Morgan fingerprint density at radius 2 is 1.81 bits per heavy atom. The van der Waals surface area contributed by atoms with Gasteiger partial charge in [-0.15, -0.1) is 0 Å². The molecule has 0 aliphatic heterocycles. The Hall–Kier alpha value is -2.53. The van der Waals surface area contributed by atoms with Crippen molar-refractivity contribution in [2.45, 2.75) is 26.2 Å². The van der Waals surface area contributed by atoms with E-state index in [1.54, 1.807) is 12.1 Å². The van der Waals surface area contributed by atoms with Gasteiger partial charge in [-0.05, 0) is 36.6 Å². The highest BCUT2D eigenvalue weighted by Gasteiger charge is 2.10. The summed E-state index contributed by atoms with van der Waals surface area (Å²) >= 11 is 5.98. The fourth-order valence-corrected chi connectivity index (χ4v) is 2.51. The fraction of sp³-hybridized carbons (Fsp3) is 0.300. The second-order valence-electron chi connectivity index (χ2n) is 5.60. The zero-order valence-electron chi connectivity index (χ0n) is 14.7. The Balaban J connectivity index is 1.65. The first-order valence-corrected chi connectivity index (χ1v) is 8.88. The molecule has 6 heteroatoms. The number of hydrogen-bond donors (Lipinski definition) is 1. The highest BCUT2D eigenvalue weighted by Crippen LogP contribution is 2.23. The van der Waals surface area contributed by atoms with Crippen LogP contribution in [0.4, 0.5) is 5.69 Å². The third-order valence-electron chi connectivity index (χ3n) is 3.66. The number of carbonyl (C=O) groups is 2. The topological polar surface area (TPSA) is 64.6 Å². The normalized spacial score (nSPS) is 10.2. The van der Waals surface area contributed by atoms with Crippen LogP contribution in [-0.4, -0.2) is 25.1 Å². The van der Waals surface area contributed by atoms with Crippen molar-refractivity contribution in [3.05, 3.63) is 59.1 Å². The minimum Gasteiger partial charge on any atom is -0.492 e. The molecule has 0 spiro atoms. The lowest BCUT2D eigenvalue weighted by molar-refractivity contribution is -0.147. The summed E-state index contributed by atoms with van der Waals surface area (Å²) in [7, 11) is 0. The first-order chi connectivity index (χ1) is 12.6. The molecular formula is C20H22ClNO4. The zero-order valence-corrected chi connectivity index (χ0v) is 15.4. The second-order valence-corrected chi connectivity index (χ2v) is 6.01. The molecule has 5 nitrogen and oxygen atoms in total. The van der Waals surface area contributed by atoms with Gasteiger partial charge in [-0.2, -0.15) is 0 Å². The van der Waals surface area contributed by atoms with Gasteiger partial charge in [0.25, 0.3) is 5.91 Å². The maximum atomic E-state index is 11.9. The molecular weight excluding hydrogens is 354 g/mol. The average molecular weight is 376 g/mol. The number of hydrogen-bond acceptors (Lipinski definition) is 4. The number of halogens is 1. The first kappa shape index (κ1) is 19.8. The standard InChI is InChI=1S/C20H22ClNO4/c1-2-15-8-3-5-10-17(15)22-19(23)14-26-20(24)12-7-13-25-18-11-6-4-9-16(18)21/h3-6,8-11H,2,7,12-14H2,1H3,(H,22,23). The van der Waals surface area contributed by atoms with E-state index in [0.29, 0.717) is 23.8 Å². The van der Waals surface area contributed by atoms with Gasteiger partial charge in [-0.25, -0.2) is 0 Å². The van der Waals surface area contributed by atoms with Gasteiger partial charge in [0.2, 0.25) is 0 Å². The van der Waals surface area contributed by atoms with Gasteiger partial charge in [0, 0.05) is 12.1 Å². The van der Waals surface area contributed by atoms with E-state index in [0.717, 1.165) is 17.7 Å². The number of benzene rings is 2. The van der Waals surface area contributed by atoms with E-state index in [2.05, 4.69) is 5.32 Å². The van der Waals surface area contributed by atoms with E-state index < -0.39 is 5.97 Å². The molecule has 1 amide bonds. The number of anilines is 1. The molecule has 2 aromatic rings. The molecule has 0 atom stereocenters. The summed E-state index contributed by atoms with van der Waals surface area (Å²) in [6.07, 6.45) is 1.45. The summed E-state index contributed by atoms with van der Waals surface area (Å²) in [6, 6.07) is 14.7. The van der Waals surface area contributed by atoms with Gasteiger partial charge in [0.15, 0.2) is 6.61 Å². The fourth-order valence-electron chi connectivity index (χ4n) is 2.32. The van der Waals surface area contributed by atoms with Gasteiger partial charge in [0.05, 0.1) is 11.6 Å². The lowest BCUT2D eigenvalue weighted by Crippen LogP contribution is -2.21. The van der Waals surface area contributed by atoms with E-state index >= 15 is 0 Å². The Labute approximate surface area is 158 Å². The molecule has 0 radical (unpaired) electrons. The van der Waals surface area contributed by atoms with Crippen LogP contribution in [0, 0.1) is 0 Å². The lowest BCUT2D eigenvalue weighted by Gasteiger charge is -2.10. The summed E-state index contributed by atoms with van der Waals surface area (Å²) in [4.78, 5) is 23.6. The maximum absolute atomic E-state index is 11.9. The SMILES string of the molecule is CCc1ccccc1NC(=O)COC(=O)CCCOc1ccccc1Cl. The van der Waals surface area contributed by atoms with Crippen molar-refractivity contribution in [2.24, 2.45) is 0 Å². The average Bonchev–Trinajstić information content (AvgIpc) is 2.65. The van der Waals surface area contributed by atoms with E-state index in [4.69, 9.17) is 21.1 Å². The second kappa shape index (κ2) is 10.5. The Kier molecular flexibility index (Phi) is 7.96. The molecule has 0 unspecified atom stereocenters. The van der Waals surface area contributed by atoms with E-state index in [1.807, 2.05) is 43.3 Å². The molecule has 0 fully saturated rings. The maximum Gasteiger partial charge on any atom is 0.306 e. The van der Waals surface area contributed by atoms with Crippen LogP contribution >= 0.6 is 11.6 Å². The monoisotopic (exact) mass is 375 g/mol. The minimum absolute atomic E-state index is 0.170. The number of nitrogens with one attached hydrogen (secondary N) is 1. The lowest BCUT2D eigenvalue weighted by atomic mass is 10.1. The van der Waals surface area contributed by atoms with Gasteiger partial charge >= 0.3 is 5.97 Å². The van der Waals surface area contributed by atoms with Gasteiger partial charge in [-0.3, -0.25) is 9.59 Å². The van der Waals surface area contributed by atoms with Gasteiger partial charge < -0.3 is 14.8 Å². The van der Waals surface area contributed by atoms with Crippen molar-refractivity contribution in [1.82, 2.24) is 0 Å². The van der Waals surface area contributed by atoms with Crippen LogP contribution in [0.3, 0.4) is 0 Å². The third kappa shape index (κ3) is 6.41. The van der Waals surface area contributed by atoms with Gasteiger partial charge in [0.1, 0.15) is 5.75 Å². The Bertz CT molecular complexity index is 748. The number of amides is 1. The Morgan fingerprint density at radius 1 is 1.08 bits per heavy atom. The predicted octanol–water partition coefficient (Wildman–Crippen LogP) is 4.24. The first-order valence-electron chi connectivity index (χ1n) is 8.51. The molecule has 2 rings (SSSR count). The predicted molar refractivity (Wildman–Crippen MR) is 102 cm³/mol. The van der Waals surface area contributed by atoms with Crippen LogP contribution in [0.5, 0.6) is 5.75 Å². The Morgan fingerprint density at radius 3 is 2.58 bits per heavy atom. The molecule has 2 aromatic carbocycles. The van der Waals surface area contributed by atoms with Crippen LogP contribution in [0.15, 0.2) is 48.5 Å². The van der Waals surface area contributed by atoms with Crippen molar-refractivity contribution in [3.63, 3.8) is 0 Å². The zero-order chi connectivity index (χ0) is 18.8. The number of para-hydroxylation sites is 2. The van der Waals surface area contributed by atoms with Crippen LogP contribution in [0.25, 0.3) is 0 Å². The van der Waals surface area contributed by atoms with E-state index in [9.17, 15) is 9.59 Å². The van der Waals surface area contributed by atoms with E-state index in [1.165, 1.54) is 0 Å².